The predicted octanol–water partition coefficient (Wildman–Crippen LogP) is 3.73. The maximum Gasteiger partial charge on any atom is 0.325 e. The van der Waals surface area contributed by atoms with Crippen LogP contribution in [0.3, 0.4) is 0 Å². The van der Waals surface area contributed by atoms with E-state index in [0.717, 1.165) is 40.5 Å². The Morgan fingerprint density at radius 3 is 2.68 bits per heavy atom. The Kier molecular flexibility index (Phi) is 4.50. The third kappa shape index (κ3) is 3.24. The molecule has 1 atom stereocenters. The lowest BCUT2D eigenvalue weighted by Crippen LogP contribution is -2.42. The molecule has 2 aliphatic rings. The van der Waals surface area contributed by atoms with Crippen LogP contribution >= 0.6 is 0 Å². The number of anilines is 1. The van der Waals surface area contributed by atoms with Crippen molar-refractivity contribution in [1.29, 1.82) is 0 Å². The summed E-state index contributed by atoms with van der Waals surface area (Å²) < 4.78 is 0. The molecular formula is C25H23N3O3. The van der Waals surface area contributed by atoms with Crippen LogP contribution in [-0.2, 0) is 28.0 Å². The van der Waals surface area contributed by atoms with Crippen molar-refractivity contribution in [3.8, 4) is 0 Å². The van der Waals surface area contributed by atoms with Gasteiger partial charge in [-0.1, -0.05) is 54.6 Å². The second-order valence-electron chi connectivity index (χ2n) is 8.36. The van der Waals surface area contributed by atoms with Gasteiger partial charge in [0.2, 0.25) is 5.91 Å². The van der Waals surface area contributed by atoms with Crippen LogP contribution in [0.25, 0.3) is 10.8 Å². The number of imide groups is 1. The molecule has 4 amide bonds. The van der Waals surface area contributed by atoms with E-state index in [4.69, 9.17) is 0 Å². The summed E-state index contributed by atoms with van der Waals surface area (Å²) in [6.45, 7) is 1.36. The first-order valence-electron chi connectivity index (χ1n) is 10.5. The van der Waals surface area contributed by atoms with Gasteiger partial charge in [-0.25, -0.2) is 4.79 Å². The number of urea groups is 1. The van der Waals surface area contributed by atoms with Crippen LogP contribution in [0, 0.1) is 0 Å². The molecule has 1 saturated heterocycles. The first-order valence-corrected chi connectivity index (χ1v) is 10.5. The first-order chi connectivity index (χ1) is 15.0. The summed E-state index contributed by atoms with van der Waals surface area (Å²) in [5, 5.41) is 7.54. The smallest absolute Gasteiger partial charge is 0.324 e. The average Bonchev–Trinajstić information content (AvgIpc) is 3.32. The van der Waals surface area contributed by atoms with Gasteiger partial charge in [-0.2, -0.15) is 0 Å². The lowest BCUT2D eigenvalue weighted by molar-refractivity contribution is -0.133. The standard InChI is InChI=1S/C25H23N3O3/c1-25(19-13-12-16-7-4-9-18(16)14-19)23(30)28(24(31)27-25)15-22(29)26-21-11-5-8-17-6-2-3-10-20(17)21/h2-3,5-6,8,10-14H,4,7,9,15H2,1H3,(H,26,29)(H,27,31)/t25-/m1/s1. The molecule has 2 N–H and O–H groups in total. The minimum Gasteiger partial charge on any atom is -0.324 e. The fraction of sp³-hybridized carbons (Fsp3) is 0.240. The number of hydrogen-bond acceptors (Lipinski definition) is 3. The zero-order valence-electron chi connectivity index (χ0n) is 17.3. The second-order valence-corrected chi connectivity index (χ2v) is 8.36. The quantitative estimate of drug-likeness (QED) is 0.640. The molecule has 0 unspecified atom stereocenters. The maximum atomic E-state index is 13.2. The van der Waals surface area contributed by atoms with Crippen molar-refractivity contribution >= 4 is 34.3 Å². The van der Waals surface area contributed by atoms with Gasteiger partial charge in [0.1, 0.15) is 12.1 Å². The number of amides is 4. The van der Waals surface area contributed by atoms with E-state index in [9.17, 15) is 14.4 Å². The van der Waals surface area contributed by atoms with Crippen LogP contribution in [0.1, 0.15) is 30.0 Å². The summed E-state index contributed by atoms with van der Waals surface area (Å²) in [5.74, 6) is -0.832. The molecule has 156 valence electrons. The number of benzene rings is 3. The molecule has 3 aromatic carbocycles. The van der Waals surface area contributed by atoms with E-state index < -0.39 is 23.4 Å². The number of nitrogens with zero attached hydrogens (tertiary/aromatic N) is 1. The molecule has 31 heavy (non-hydrogen) atoms. The van der Waals surface area contributed by atoms with Gasteiger partial charge in [0.25, 0.3) is 5.91 Å². The molecule has 3 aromatic rings. The van der Waals surface area contributed by atoms with Gasteiger partial charge in [0.05, 0.1) is 0 Å². The number of carbonyl (C=O) groups excluding carboxylic acids is 3. The number of fused-ring (bicyclic) bond motifs is 2. The van der Waals surface area contributed by atoms with Crippen LogP contribution in [0.15, 0.2) is 60.7 Å². The molecular weight excluding hydrogens is 390 g/mol. The van der Waals surface area contributed by atoms with Gasteiger partial charge in [0.15, 0.2) is 0 Å². The van der Waals surface area contributed by atoms with E-state index in [-0.39, 0.29) is 6.54 Å². The van der Waals surface area contributed by atoms with E-state index in [1.54, 1.807) is 13.0 Å². The van der Waals surface area contributed by atoms with Gasteiger partial charge >= 0.3 is 6.03 Å². The Labute approximate surface area is 180 Å². The van der Waals surface area contributed by atoms with Crippen molar-refractivity contribution in [1.82, 2.24) is 10.2 Å². The van der Waals surface area contributed by atoms with Gasteiger partial charge in [-0.3, -0.25) is 14.5 Å². The van der Waals surface area contributed by atoms with Crippen LogP contribution in [0.5, 0.6) is 0 Å². The highest BCUT2D eigenvalue weighted by Crippen LogP contribution is 2.32. The van der Waals surface area contributed by atoms with Crippen molar-refractivity contribution in [2.24, 2.45) is 0 Å². The summed E-state index contributed by atoms with van der Waals surface area (Å²) in [7, 11) is 0. The van der Waals surface area contributed by atoms with Gasteiger partial charge in [-0.05, 0) is 54.3 Å². The molecule has 1 aliphatic carbocycles. The first kappa shape index (κ1) is 19.3. The summed E-state index contributed by atoms with van der Waals surface area (Å²) in [6, 6.07) is 18.7. The van der Waals surface area contributed by atoms with E-state index in [2.05, 4.69) is 10.6 Å². The monoisotopic (exact) mass is 413 g/mol. The highest BCUT2D eigenvalue weighted by atomic mass is 16.2. The molecule has 0 radical (unpaired) electrons. The fourth-order valence-corrected chi connectivity index (χ4v) is 4.59. The normalized spacial score (nSPS) is 20.1. The Morgan fingerprint density at radius 1 is 1.03 bits per heavy atom. The topological polar surface area (TPSA) is 78.5 Å². The highest BCUT2D eigenvalue weighted by molar-refractivity contribution is 6.11. The minimum atomic E-state index is -1.17. The van der Waals surface area contributed by atoms with Crippen LogP contribution < -0.4 is 10.6 Å². The highest BCUT2D eigenvalue weighted by Gasteiger charge is 2.49. The molecule has 0 spiro atoms. The number of carbonyl (C=O) groups is 3. The molecule has 0 saturated carbocycles. The number of nitrogens with one attached hydrogen (secondary N) is 2. The molecule has 1 fully saturated rings. The van der Waals surface area contributed by atoms with Crippen molar-refractivity contribution in [2.75, 3.05) is 11.9 Å². The average molecular weight is 413 g/mol. The molecule has 0 aromatic heterocycles. The molecule has 0 bridgehead atoms. The van der Waals surface area contributed by atoms with Crippen molar-refractivity contribution in [2.45, 2.75) is 31.7 Å². The number of hydrogen-bond donors (Lipinski definition) is 2. The van der Waals surface area contributed by atoms with Crippen molar-refractivity contribution < 1.29 is 14.4 Å². The second kappa shape index (κ2) is 7.23. The van der Waals surface area contributed by atoms with Gasteiger partial charge in [-0.15, -0.1) is 0 Å². The number of aryl methyl sites for hydroxylation is 2. The van der Waals surface area contributed by atoms with Crippen LogP contribution in [0.4, 0.5) is 10.5 Å². The summed E-state index contributed by atoms with van der Waals surface area (Å²) >= 11 is 0. The van der Waals surface area contributed by atoms with E-state index in [0.29, 0.717) is 5.69 Å². The Bertz CT molecular complexity index is 1230. The fourth-order valence-electron chi connectivity index (χ4n) is 4.59. The number of rotatable bonds is 4. The SMILES string of the molecule is C[C@]1(c2ccc3c(c2)CCC3)NC(=O)N(CC(=O)Nc2cccc3ccccc23)C1=O. The van der Waals surface area contributed by atoms with E-state index in [1.165, 1.54) is 11.1 Å². The van der Waals surface area contributed by atoms with Gasteiger partial charge in [0, 0.05) is 11.1 Å². The lowest BCUT2D eigenvalue weighted by Gasteiger charge is -2.23. The Balaban J connectivity index is 1.35. The molecule has 1 heterocycles. The summed E-state index contributed by atoms with van der Waals surface area (Å²) in [4.78, 5) is 39.5. The summed E-state index contributed by atoms with van der Waals surface area (Å²) in [6.07, 6.45) is 3.14. The largest absolute Gasteiger partial charge is 0.325 e. The summed E-state index contributed by atoms with van der Waals surface area (Å²) in [5.41, 5.74) is 2.76. The van der Waals surface area contributed by atoms with E-state index in [1.807, 2.05) is 54.6 Å². The molecule has 1 aliphatic heterocycles. The lowest BCUT2D eigenvalue weighted by atomic mass is 9.89. The minimum absolute atomic E-state index is 0.339. The van der Waals surface area contributed by atoms with Crippen LogP contribution in [-0.4, -0.2) is 29.3 Å². The Hall–Kier alpha value is -3.67. The Morgan fingerprint density at radius 2 is 1.81 bits per heavy atom. The van der Waals surface area contributed by atoms with Gasteiger partial charge < -0.3 is 10.6 Å². The third-order valence-corrected chi connectivity index (χ3v) is 6.32. The molecule has 6 nitrogen and oxygen atoms in total. The van der Waals surface area contributed by atoms with Crippen molar-refractivity contribution in [3.63, 3.8) is 0 Å². The molecule has 6 heteroatoms. The molecule has 5 rings (SSSR count). The zero-order valence-corrected chi connectivity index (χ0v) is 17.3. The maximum absolute atomic E-state index is 13.2. The third-order valence-electron chi connectivity index (χ3n) is 6.32. The zero-order chi connectivity index (χ0) is 21.6. The predicted molar refractivity (Wildman–Crippen MR) is 119 cm³/mol. The van der Waals surface area contributed by atoms with E-state index >= 15 is 0 Å². The van der Waals surface area contributed by atoms with Crippen molar-refractivity contribution in [3.05, 3.63) is 77.4 Å². The van der Waals surface area contributed by atoms with Crippen LogP contribution in [0.2, 0.25) is 0 Å².